The second kappa shape index (κ2) is 13.4. The summed E-state index contributed by atoms with van der Waals surface area (Å²) in [5.74, 6) is -4.99. The summed E-state index contributed by atoms with van der Waals surface area (Å²) in [6, 6.07) is 3.59. The Morgan fingerprint density at radius 3 is 2.20 bits per heavy atom. The molecule has 0 radical (unpaired) electrons. The largest absolute Gasteiger partial charge is 0.458 e. The molecule has 10 nitrogen and oxygen atoms in total. The number of ether oxygens (including phenoxy) is 4. The second-order valence-electron chi connectivity index (χ2n) is 13.4. The lowest BCUT2D eigenvalue weighted by atomic mass is 9.70. The van der Waals surface area contributed by atoms with Crippen LogP contribution in [0.15, 0.2) is 18.2 Å². The van der Waals surface area contributed by atoms with Crippen LogP contribution in [-0.4, -0.2) is 80.4 Å². The molecule has 0 N–H and O–H groups in total. The van der Waals surface area contributed by atoms with Crippen molar-refractivity contribution in [1.29, 1.82) is 0 Å². The van der Waals surface area contributed by atoms with E-state index in [1.54, 1.807) is 46.9 Å². The lowest BCUT2D eigenvalue weighted by molar-refractivity contribution is -0.171. The summed E-state index contributed by atoms with van der Waals surface area (Å²) in [4.78, 5) is 58.2. The van der Waals surface area contributed by atoms with Gasteiger partial charge in [0.1, 0.15) is 29.4 Å². The molecule has 4 rings (SSSR count). The minimum atomic E-state index is -1.49. The smallest absolute Gasteiger partial charge is 0.415 e. The Morgan fingerprint density at radius 1 is 0.978 bits per heavy atom. The molecule has 45 heavy (non-hydrogen) atoms. The molecule has 1 amide bonds. The summed E-state index contributed by atoms with van der Waals surface area (Å²) < 4.78 is 39.0. The number of carbonyl (C=O) groups excluding carboxylic acids is 4. The fourth-order valence-corrected chi connectivity index (χ4v) is 7.52. The van der Waals surface area contributed by atoms with E-state index < -0.39 is 64.9 Å². The van der Waals surface area contributed by atoms with Gasteiger partial charge < -0.3 is 23.8 Å². The summed E-state index contributed by atoms with van der Waals surface area (Å²) in [5.41, 5.74) is -1.74. The van der Waals surface area contributed by atoms with Crippen LogP contribution in [0.4, 0.5) is 20.6 Å². The Balaban J connectivity index is 1.82. The van der Waals surface area contributed by atoms with Crippen molar-refractivity contribution in [2.24, 2.45) is 29.6 Å². The van der Waals surface area contributed by atoms with Crippen molar-refractivity contribution in [3.63, 3.8) is 0 Å². The van der Waals surface area contributed by atoms with E-state index >= 15 is 4.39 Å². The van der Waals surface area contributed by atoms with Gasteiger partial charge in [-0.25, -0.2) is 9.18 Å². The van der Waals surface area contributed by atoms with Gasteiger partial charge in [0, 0.05) is 38.0 Å². The number of morpholine rings is 1. The first-order chi connectivity index (χ1) is 21.1. The zero-order valence-corrected chi connectivity index (χ0v) is 28.1. The van der Waals surface area contributed by atoms with Crippen molar-refractivity contribution in [2.45, 2.75) is 91.6 Å². The van der Waals surface area contributed by atoms with Crippen molar-refractivity contribution >= 4 is 35.0 Å². The fraction of sp³-hybridized carbons (Fsp3) is 0.706. The van der Waals surface area contributed by atoms with Crippen LogP contribution in [0.3, 0.4) is 0 Å². The molecule has 0 bridgehead atoms. The Kier molecular flexibility index (Phi) is 10.3. The van der Waals surface area contributed by atoms with Gasteiger partial charge in [-0.2, -0.15) is 0 Å². The van der Waals surface area contributed by atoms with Gasteiger partial charge in [-0.05, 0) is 57.7 Å². The first-order valence-corrected chi connectivity index (χ1v) is 16.1. The van der Waals surface area contributed by atoms with Crippen molar-refractivity contribution in [3.8, 4) is 0 Å². The first kappa shape index (κ1) is 34.8. The van der Waals surface area contributed by atoms with Gasteiger partial charge in [-0.15, -0.1) is 0 Å². The van der Waals surface area contributed by atoms with E-state index in [9.17, 15) is 19.2 Å². The number of ketones is 2. The molecule has 1 aromatic carbocycles. The van der Waals surface area contributed by atoms with Crippen molar-refractivity contribution in [3.05, 3.63) is 24.0 Å². The predicted octanol–water partition coefficient (Wildman–Crippen LogP) is 5.20. The van der Waals surface area contributed by atoms with Crippen LogP contribution in [-0.2, 0) is 33.3 Å². The number of halogens is 1. The third-order valence-electron chi connectivity index (χ3n) is 10.7. The molecule has 3 heterocycles. The van der Waals surface area contributed by atoms with Gasteiger partial charge in [0.2, 0.25) is 0 Å². The number of carbonyl (C=O) groups is 4. The molecule has 11 heteroatoms. The van der Waals surface area contributed by atoms with Gasteiger partial charge in [-0.3, -0.25) is 19.3 Å². The SMILES string of the molecule is CCC1OC(=O)C(C)C(=O)C(C)[C@@H](C)[C@](C)(OC)CC(C)C(=O)[C@H](C)[C@H]2N(c3ccc(N4CCOCC4)c(F)c3)C(=O)OC12C. The maximum absolute atomic E-state index is 15.6. The summed E-state index contributed by atoms with van der Waals surface area (Å²) in [6.45, 7) is 16.1. The highest BCUT2D eigenvalue weighted by molar-refractivity contribution is 6.00. The van der Waals surface area contributed by atoms with Crippen LogP contribution >= 0.6 is 0 Å². The highest BCUT2D eigenvalue weighted by atomic mass is 19.1. The molecule has 0 aliphatic carbocycles. The van der Waals surface area contributed by atoms with E-state index in [1.807, 2.05) is 25.7 Å². The summed E-state index contributed by atoms with van der Waals surface area (Å²) in [7, 11) is 1.55. The van der Waals surface area contributed by atoms with Gasteiger partial charge >= 0.3 is 12.1 Å². The van der Waals surface area contributed by atoms with Gasteiger partial charge in [0.15, 0.2) is 5.60 Å². The van der Waals surface area contributed by atoms with Crippen LogP contribution in [0, 0.1) is 35.4 Å². The van der Waals surface area contributed by atoms with E-state index in [-0.39, 0.29) is 29.6 Å². The molecule has 0 spiro atoms. The van der Waals surface area contributed by atoms with Gasteiger partial charge in [0.05, 0.1) is 36.2 Å². The molecular weight excluding hydrogens is 583 g/mol. The molecule has 3 fully saturated rings. The third kappa shape index (κ3) is 6.35. The molecule has 1 aromatic rings. The number of esters is 1. The Hall–Kier alpha value is -3.05. The number of nitrogens with zero attached hydrogens (tertiary/aromatic N) is 2. The predicted molar refractivity (Wildman–Crippen MR) is 167 cm³/mol. The molecule has 9 atom stereocenters. The quantitative estimate of drug-likeness (QED) is 0.327. The molecular formula is C34H49FN2O8. The number of cyclic esters (lactones) is 1. The summed E-state index contributed by atoms with van der Waals surface area (Å²) >= 11 is 0. The molecule has 3 saturated heterocycles. The van der Waals surface area contributed by atoms with E-state index in [4.69, 9.17) is 18.9 Å². The van der Waals surface area contributed by atoms with Crippen molar-refractivity contribution in [1.82, 2.24) is 0 Å². The molecule has 5 unspecified atom stereocenters. The minimum Gasteiger partial charge on any atom is -0.458 e. The number of fused-ring (bicyclic) bond motifs is 1. The zero-order chi connectivity index (χ0) is 33.4. The third-order valence-corrected chi connectivity index (χ3v) is 10.7. The van der Waals surface area contributed by atoms with Crippen LogP contribution in [0.1, 0.15) is 68.2 Å². The normalized spacial score (nSPS) is 37.2. The van der Waals surface area contributed by atoms with Crippen LogP contribution in [0.5, 0.6) is 0 Å². The molecule has 3 aliphatic heterocycles. The maximum atomic E-state index is 15.6. The topological polar surface area (TPSA) is 112 Å². The second-order valence-corrected chi connectivity index (χ2v) is 13.4. The standard InChI is InChI=1S/C34H49FN2O8/c1-10-27-34(8)30(37(32(41)45-34)24-11-12-26(25(35)17-24)36-13-15-43-16-14-36)21(4)28(38)19(2)18-33(7,42-9)23(6)20(3)29(39)22(5)31(40)44-27/h11-12,17,19-23,27,30H,10,13-16,18H2,1-9H3/t19?,20?,21-,22?,23+,27?,30+,33+,34?/m0/s1. The number of methoxy groups -OCH3 is 1. The Labute approximate surface area is 265 Å². The van der Waals surface area contributed by atoms with E-state index in [0.29, 0.717) is 38.4 Å². The van der Waals surface area contributed by atoms with Crippen molar-refractivity contribution in [2.75, 3.05) is 43.2 Å². The van der Waals surface area contributed by atoms with Gasteiger partial charge in [0.25, 0.3) is 0 Å². The Morgan fingerprint density at radius 2 is 1.62 bits per heavy atom. The summed E-state index contributed by atoms with van der Waals surface area (Å²) in [5, 5.41) is 0. The maximum Gasteiger partial charge on any atom is 0.415 e. The number of hydrogen-bond donors (Lipinski definition) is 0. The molecule has 0 aromatic heterocycles. The monoisotopic (exact) mass is 632 g/mol. The lowest BCUT2D eigenvalue weighted by Gasteiger charge is -2.43. The minimum absolute atomic E-state index is 0.152. The number of benzene rings is 1. The van der Waals surface area contributed by atoms with E-state index in [0.717, 1.165) is 0 Å². The molecule has 3 aliphatic rings. The van der Waals surface area contributed by atoms with E-state index in [2.05, 4.69) is 0 Å². The number of anilines is 2. The average Bonchev–Trinajstić information content (AvgIpc) is 3.31. The molecule has 250 valence electrons. The lowest BCUT2D eigenvalue weighted by Crippen LogP contribution is -2.58. The van der Waals surface area contributed by atoms with Crippen LogP contribution in [0.2, 0.25) is 0 Å². The number of amides is 1. The van der Waals surface area contributed by atoms with Crippen LogP contribution in [0.25, 0.3) is 0 Å². The summed E-state index contributed by atoms with van der Waals surface area (Å²) in [6.07, 6.45) is -1.21. The fourth-order valence-electron chi connectivity index (χ4n) is 7.52. The number of rotatable bonds is 4. The highest BCUT2D eigenvalue weighted by Gasteiger charge is 2.60. The first-order valence-electron chi connectivity index (χ1n) is 16.1. The Bertz CT molecular complexity index is 1300. The molecule has 0 saturated carbocycles. The van der Waals surface area contributed by atoms with Crippen molar-refractivity contribution < 1.29 is 42.5 Å². The van der Waals surface area contributed by atoms with Gasteiger partial charge in [-0.1, -0.05) is 34.6 Å². The van der Waals surface area contributed by atoms with E-state index in [1.165, 1.54) is 17.9 Å². The average molecular weight is 633 g/mol. The number of hydrogen-bond acceptors (Lipinski definition) is 9. The highest BCUT2D eigenvalue weighted by Crippen LogP contribution is 2.45. The zero-order valence-electron chi connectivity index (χ0n) is 28.1. The number of Topliss-reactive ketones (excluding diaryl/α,β-unsaturated/α-hetero) is 2. The van der Waals surface area contributed by atoms with Crippen LogP contribution < -0.4 is 9.80 Å².